The van der Waals surface area contributed by atoms with Crippen LogP contribution in [0.1, 0.15) is 109 Å². The minimum Gasteiger partial charge on any atom is -0.461 e. The number of hydrogen-bond donors (Lipinski definition) is 3. The van der Waals surface area contributed by atoms with Crippen LogP contribution in [0.25, 0.3) is 44.5 Å². The number of hydrogen-bond acceptors (Lipinski definition) is 12. The number of unbranched alkanes of at least 4 members (excludes halogenated alkanes) is 4. The second kappa shape index (κ2) is 33.5. The molecule has 0 amide bonds. The van der Waals surface area contributed by atoms with Crippen molar-refractivity contribution in [3.05, 3.63) is 193 Å². The molecule has 6 aromatic carbocycles. The van der Waals surface area contributed by atoms with E-state index in [1.165, 1.54) is 74.7 Å². The fraction of sp³-hybridized carbons (Fsp3) is 0.319. The molecule has 12 nitrogen and oxygen atoms in total. The van der Waals surface area contributed by atoms with Crippen molar-refractivity contribution in [1.29, 1.82) is 0 Å². The van der Waals surface area contributed by atoms with Gasteiger partial charge >= 0.3 is 17.9 Å². The van der Waals surface area contributed by atoms with Crippen LogP contribution in [0, 0.1) is 11.8 Å². The quantitative estimate of drug-likeness (QED) is 0.00775. The summed E-state index contributed by atoms with van der Waals surface area (Å²) in [7, 11) is 0. The number of aryl methyl sites for hydroxylation is 2. The van der Waals surface area contributed by atoms with Gasteiger partial charge in [-0.15, -0.1) is 0 Å². The Morgan fingerprint density at radius 3 is 1.36 bits per heavy atom. The van der Waals surface area contributed by atoms with Crippen molar-refractivity contribution in [3.8, 4) is 67.5 Å². The van der Waals surface area contributed by atoms with Gasteiger partial charge in [0.15, 0.2) is 0 Å². The molecule has 0 bridgehead atoms. The number of carbonyl (C=O) groups is 3. The van der Waals surface area contributed by atoms with E-state index in [0.717, 1.165) is 69.0 Å². The number of ether oxygens (including phenoxy) is 6. The predicted octanol–water partition coefficient (Wildman–Crippen LogP) is 15.0. The fourth-order valence-corrected chi connectivity index (χ4v) is 8.30. The third-order valence-electron chi connectivity index (χ3n) is 13.0. The van der Waals surface area contributed by atoms with Crippen LogP contribution in [0.5, 0.6) is 23.0 Å². The first-order chi connectivity index (χ1) is 39.1. The summed E-state index contributed by atoms with van der Waals surface area (Å²) in [5.41, 5.74) is 11.6. The Hall–Kier alpha value is -8.03. The second-order valence-electron chi connectivity index (χ2n) is 20.2. The number of carbonyl (C=O) groups excluding carboxylic acids is 3. The van der Waals surface area contributed by atoms with E-state index < -0.39 is 12.3 Å². The summed E-state index contributed by atoms with van der Waals surface area (Å²) >= 11 is 0. The van der Waals surface area contributed by atoms with Crippen LogP contribution < -0.4 is 18.9 Å². The Morgan fingerprint density at radius 2 is 0.914 bits per heavy atom. The Labute approximate surface area is 479 Å². The molecule has 0 spiro atoms. The molecule has 0 aliphatic rings. The van der Waals surface area contributed by atoms with Crippen LogP contribution in [0.3, 0.4) is 0 Å². The Kier molecular flexibility index (Phi) is 26.4. The molecular formula is C69H80O12. The van der Waals surface area contributed by atoms with Crippen LogP contribution in [-0.4, -0.2) is 52.7 Å². The van der Waals surface area contributed by atoms with Gasteiger partial charge in [0.1, 0.15) is 48.0 Å². The van der Waals surface area contributed by atoms with Crippen molar-refractivity contribution >= 4 is 17.9 Å². The summed E-state index contributed by atoms with van der Waals surface area (Å²) < 4.78 is 33.4. The van der Waals surface area contributed by atoms with Crippen LogP contribution in [0.2, 0.25) is 0 Å². The van der Waals surface area contributed by atoms with Gasteiger partial charge in [-0.05, 0) is 131 Å². The largest absolute Gasteiger partial charge is 0.461 e. The van der Waals surface area contributed by atoms with Crippen molar-refractivity contribution in [2.45, 2.75) is 119 Å². The fourth-order valence-electron chi connectivity index (χ4n) is 8.30. The van der Waals surface area contributed by atoms with E-state index in [0.29, 0.717) is 47.0 Å². The minimum atomic E-state index is -1.18. The van der Waals surface area contributed by atoms with Gasteiger partial charge in [-0.1, -0.05) is 177 Å². The maximum absolute atomic E-state index is 12.2. The normalized spacial score (nSPS) is 11.5. The molecule has 6 aromatic rings. The van der Waals surface area contributed by atoms with Crippen molar-refractivity contribution in [1.82, 2.24) is 0 Å². The van der Waals surface area contributed by atoms with Crippen LogP contribution >= 0.6 is 0 Å². The smallest absolute Gasteiger partial charge is 0.335 e. The average molecular weight is 1100 g/mol. The van der Waals surface area contributed by atoms with E-state index in [-0.39, 0.29) is 37.0 Å². The standard InChI is InChI=1S/C35H42O6.C34H38O6/c1-6-7-8-9-26-10-12-27(13-11-26)29-16-17-31(33(22-29)39-20-21-40-34(37)24(2)3)30-15-14-28(18-19-36)32(23-30)41-35(38)25(4)5;1-5-7-8-9-25-10-12-26(13-11-25)28-16-17-30(32(22-28)40-33(36)6-2)29-15-14-27(18-19-35)31(23-29)38-20-21-39-34(37)24(3)4/h10-17,20-24,35-36,38H,4,6-9,18-19H2,1-3,5H3;6,10-17,20-24,35H,2,5,7-9,18-19H2,1,3-4H3/b2*21-20+. The maximum Gasteiger partial charge on any atom is 0.335 e. The molecule has 12 heteroatoms. The van der Waals surface area contributed by atoms with Crippen LogP contribution in [-0.2, 0) is 49.5 Å². The first-order valence-corrected chi connectivity index (χ1v) is 27.9. The SMILES string of the molecule is C=C(C)C(O)Oc1cc(-c2ccc(-c3ccc(CCCCC)cc3)cc2O/C=C/OC(=O)C(C)C)ccc1CCO.C=CC(=O)Oc1cc(-c2ccc(CCCCC)cc2)ccc1-c1ccc(CCO)c(O/C=C/OC(=O)C(C)C)c1. The lowest BCUT2D eigenvalue weighted by atomic mass is 9.96. The van der Waals surface area contributed by atoms with Crippen molar-refractivity contribution < 1.29 is 58.1 Å². The van der Waals surface area contributed by atoms with Gasteiger partial charge in [0.25, 0.3) is 0 Å². The first-order valence-electron chi connectivity index (χ1n) is 27.9. The van der Waals surface area contributed by atoms with Gasteiger partial charge in [-0.25, -0.2) is 4.79 Å². The maximum atomic E-state index is 12.2. The predicted molar refractivity (Wildman–Crippen MR) is 321 cm³/mol. The third-order valence-corrected chi connectivity index (χ3v) is 13.0. The van der Waals surface area contributed by atoms with Crippen LogP contribution in [0.15, 0.2) is 171 Å². The highest BCUT2D eigenvalue weighted by Gasteiger charge is 2.18. The van der Waals surface area contributed by atoms with E-state index in [1.807, 2.05) is 66.7 Å². The van der Waals surface area contributed by atoms with Crippen molar-refractivity contribution in [2.24, 2.45) is 11.8 Å². The minimum absolute atomic E-state index is 0.0563. The lowest BCUT2D eigenvalue weighted by Crippen LogP contribution is -2.17. The zero-order valence-electron chi connectivity index (χ0n) is 48.1. The molecule has 81 heavy (non-hydrogen) atoms. The van der Waals surface area contributed by atoms with E-state index in [2.05, 4.69) is 75.5 Å². The molecule has 0 saturated carbocycles. The summed E-state index contributed by atoms with van der Waals surface area (Å²) in [5, 5.41) is 29.3. The molecule has 0 radical (unpaired) electrons. The number of rotatable bonds is 29. The molecule has 0 aliphatic carbocycles. The van der Waals surface area contributed by atoms with Crippen LogP contribution in [0.4, 0.5) is 0 Å². The second-order valence-corrected chi connectivity index (χ2v) is 20.2. The van der Waals surface area contributed by atoms with Gasteiger partial charge in [0.2, 0.25) is 6.29 Å². The van der Waals surface area contributed by atoms with Gasteiger partial charge in [-0.3, -0.25) is 9.59 Å². The van der Waals surface area contributed by atoms with Crippen molar-refractivity contribution in [2.75, 3.05) is 13.2 Å². The lowest BCUT2D eigenvalue weighted by Gasteiger charge is -2.18. The summed E-state index contributed by atoms with van der Waals surface area (Å²) in [6.45, 7) is 20.3. The Balaban J connectivity index is 0.000000297. The Bertz CT molecular complexity index is 3060. The molecule has 0 aliphatic heterocycles. The molecule has 3 N–H and O–H groups in total. The number of benzene rings is 6. The first kappa shape index (κ1) is 63.8. The van der Waals surface area contributed by atoms with E-state index in [1.54, 1.807) is 40.7 Å². The third kappa shape index (κ3) is 20.2. The number of esters is 3. The summed E-state index contributed by atoms with van der Waals surface area (Å²) in [6.07, 6.45) is 15.1. The van der Waals surface area contributed by atoms with Gasteiger partial charge in [0, 0.05) is 30.4 Å². The average Bonchev–Trinajstić information content (AvgIpc) is 3.47. The van der Waals surface area contributed by atoms with Gasteiger partial charge in [0.05, 0.1) is 11.8 Å². The molecule has 428 valence electrons. The lowest BCUT2D eigenvalue weighted by molar-refractivity contribution is -0.142. The molecule has 0 heterocycles. The zero-order valence-corrected chi connectivity index (χ0v) is 48.1. The summed E-state index contributed by atoms with van der Waals surface area (Å²) in [4.78, 5) is 35.8. The van der Waals surface area contributed by atoms with E-state index >= 15 is 0 Å². The van der Waals surface area contributed by atoms with E-state index in [4.69, 9.17) is 28.4 Å². The molecule has 0 fully saturated rings. The monoisotopic (exact) mass is 1100 g/mol. The molecular weight excluding hydrogens is 1020 g/mol. The highest BCUT2D eigenvalue weighted by atomic mass is 16.6. The molecule has 1 unspecified atom stereocenters. The topological polar surface area (TPSA) is 167 Å². The molecule has 1 atom stereocenters. The van der Waals surface area contributed by atoms with Gasteiger partial charge < -0.3 is 43.7 Å². The number of aliphatic hydroxyl groups is 3. The molecule has 0 aromatic heterocycles. The highest BCUT2D eigenvalue weighted by Crippen LogP contribution is 2.39. The van der Waals surface area contributed by atoms with Crippen molar-refractivity contribution in [3.63, 3.8) is 0 Å². The zero-order chi connectivity index (χ0) is 58.7. The number of aliphatic hydroxyl groups excluding tert-OH is 3. The van der Waals surface area contributed by atoms with Gasteiger partial charge in [-0.2, -0.15) is 0 Å². The molecule has 6 rings (SSSR count). The summed E-state index contributed by atoms with van der Waals surface area (Å²) in [5.74, 6) is 0.0565. The Morgan fingerprint density at radius 1 is 0.506 bits per heavy atom. The summed E-state index contributed by atoms with van der Waals surface area (Å²) in [6, 6.07) is 39.8. The highest BCUT2D eigenvalue weighted by molar-refractivity contribution is 5.87. The van der Waals surface area contributed by atoms with E-state index in [9.17, 15) is 29.7 Å². The molecule has 0 saturated heterocycles.